The standard InChI is InChI=1S/C14H32N2O/c1-13(2)5-8-16(9-6-14(3)4)10-12-17-11-7-15/h13-14H,5-12,15H2,1-4H3. The molecule has 0 atom stereocenters. The molecule has 0 amide bonds. The predicted molar refractivity (Wildman–Crippen MR) is 75.2 cm³/mol. The van der Waals surface area contributed by atoms with Crippen LogP contribution in [0.4, 0.5) is 0 Å². The van der Waals surface area contributed by atoms with Crippen molar-refractivity contribution in [2.24, 2.45) is 17.6 Å². The summed E-state index contributed by atoms with van der Waals surface area (Å²) in [6.45, 7) is 14.7. The molecule has 0 aromatic carbocycles. The van der Waals surface area contributed by atoms with Gasteiger partial charge in [-0.05, 0) is 37.8 Å². The van der Waals surface area contributed by atoms with Gasteiger partial charge in [0.15, 0.2) is 0 Å². The lowest BCUT2D eigenvalue weighted by atomic mass is 10.1. The lowest BCUT2D eigenvalue weighted by Crippen LogP contribution is -2.31. The zero-order valence-electron chi connectivity index (χ0n) is 12.2. The number of nitrogens with two attached hydrogens (primary N) is 1. The molecule has 0 rings (SSSR count). The summed E-state index contributed by atoms with van der Waals surface area (Å²) in [6.07, 6.45) is 2.55. The minimum Gasteiger partial charge on any atom is -0.379 e. The summed E-state index contributed by atoms with van der Waals surface area (Å²) >= 11 is 0. The molecule has 0 aromatic heterocycles. The van der Waals surface area contributed by atoms with E-state index in [9.17, 15) is 0 Å². The fourth-order valence-electron chi connectivity index (χ4n) is 1.60. The minimum atomic E-state index is 0.623. The average molecular weight is 244 g/mol. The third-order valence-electron chi connectivity index (χ3n) is 2.86. The second kappa shape index (κ2) is 11.0. The summed E-state index contributed by atoms with van der Waals surface area (Å²) in [5, 5.41) is 0. The van der Waals surface area contributed by atoms with Crippen molar-refractivity contribution >= 4 is 0 Å². The van der Waals surface area contributed by atoms with Gasteiger partial charge >= 0.3 is 0 Å². The molecular formula is C14H32N2O. The highest BCUT2D eigenvalue weighted by atomic mass is 16.5. The van der Waals surface area contributed by atoms with E-state index in [4.69, 9.17) is 10.5 Å². The van der Waals surface area contributed by atoms with Crippen LogP contribution < -0.4 is 5.73 Å². The van der Waals surface area contributed by atoms with Gasteiger partial charge in [-0.15, -0.1) is 0 Å². The first kappa shape index (κ1) is 16.9. The van der Waals surface area contributed by atoms with Crippen LogP contribution in [0, 0.1) is 11.8 Å². The second-order valence-corrected chi connectivity index (χ2v) is 5.61. The maximum Gasteiger partial charge on any atom is 0.0594 e. The molecule has 0 heterocycles. The molecule has 3 heteroatoms. The molecule has 0 aromatic rings. The Morgan fingerprint density at radius 3 is 1.82 bits per heavy atom. The first-order chi connectivity index (χ1) is 8.06. The smallest absolute Gasteiger partial charge is 0.0594 e. The second-order valence-electron chi connectivity index (χ2n) is 5.61. The number of hydrogen-bond donors (Lipinski definition) is 1. The van der Waals surface area contributed by atoms with Crippen LogP contribution in [0.1, 0.15) is 40.5 Å². The Morgan fingerprint density at radius 2 is 1.41 bits per heavy atom. The topological polar surface area (TPSA) is 38.5 Å². The first-order valence-electron chi connectivity index (χ1n) is 7.06. The minimum absolute atomic E-state index is 0.623. The summed E-state index contributed by atoms with van der Waals surface area (Å²) < 4.78 is 5.46. The summed E-state index contributed by atoms with van der Waals surface area (Å²) in [6, 6.07) is 0. The largest absolute Gasteiger partial charge is 0.379 e. The molecule has 0 aliphatic carbocycles. The normalized spacial score (nSPS) is 12.0. The Kier molecular flexibility index (Phi) is 10.9. The monoisotopic (exact) mass is 244 g/mol. The molecule has 0 spiro atoms. The molecule has 17 heavy (non-hydrogen) atoms. The van der Waals surface area contributed by atoms with Gasteiger partial charge in [0.1, 0.15) is 0 Å². The zero-order chi connectivity index (χ0) is 13.1. The van der Waals surface area contributed by atoms with E-state index in [0.717, 1.165) is 25.0 Å². The molecule has 0 aliphatic heterocycles. The van der Waals surface area contributed by atoms with Crippen molar-refractivity contribution in [3.8, 4) is 0 Å². The highest BCUT2D eigenvalue weighted by Crippen LogP contribution is 2.06. The molecular weight excluding hydrogens is 212 g/mol. The summed E-state index contributed by atoms with van der Waals surface area (Å²) in [5.41, 5.74) is 5.40. The van der Waals surface area contributed by atoms with Crippen molar-refractivity contribution in [2.45, 2.75) is 40.5 Å². The Labute approximate surface area is 108 Å². The van der Waals surface area contributed by atoms with Crippen LogP contribution in [0.5, 0.6) is 0 Å². The van der Waals surface area contributed by atoms with Gasteiger partial charge in [-0.3, -0.25) is 0 Å². The quantitative estimate of drug-likeness (QED) is 0.567. The lowest BCUT2D eigenvalue weighted by Gasteiger charge is -2.24. The highest BCUT2D eigenvalue weighted by Gasteiger charge is 2.07. The molecule has 0 saturated carbocycles. The highest BCUT2D eigenvalue weighted by molar-refractivity contribution is 4.61. The number of nitrogens with zero attached hydrogens (tertiary/aromatic N) is 1. The lowest BCUT2D eigenvalue weighted by molar-refractivity contribution is 0.105. The number of ether oxygens (including phenoxy) is 1. The Morgan fingerprint density at radius 1 is 0.882 bits per heavy atom. The molecule has 0 radical (unpaired) electrons. The summed E-state index contributed by atoms with van der Waals surface area (Å²) in [5.74, 6) is 1.56. The van der Waals surface area contributed by atoms with E-state index in [1.807, 2.05) is 0 Å². The fourth-order valence-corrected chi connectivity index (χ4v) is 1.60. The molecule has 0 fully saturated rings. The van der Waals surface area contributed by atoms with Crippen molar-refractivity contribution in [3.63, 3.8) is 0 Å². The van der Waals surface area contributed by atoms with E-state index < -0.39 is 0 Å². The van der Waals surface area contributed by atoms with Crippen LogP contribution in [0.3, 0.4) is 0 Å². The summed E-state index contributed by atoms with van der Waals surface area (Å²) in [7, 11) is 0. The van der Waals surface area contributed by atoms with Gasteiger partial charge in [-0.1, -0.05) is 27.7 Å². The van der Waals surface area contributed by atoms with E-state index in [1.54, 1.807) is 0 Å². The molecule has 2 N–H and O–H groups in total. The Bertz CT molecular complexity index is 148. The fraction of sp³-hybridized carbons (Fsp3) is 1.00. The maximum atomic E-state index is 5.46. The van der Waals surface area contributed by atoms with Crippen molar-refractivity contribution in [3.05, 3.63) is 0 Å². The third kappa shape index (κ3) is 12.1. The van der Waals surface area contributed by atoms with Gasteiger partial charge in [0.25, 0.3) is 0 Å². The van der Waals surface area contributed by atoms with Crippen LogP contribution >= 0.6 is 0 Å². The molecule has 0 unspecified atom stereocenters. The number of rotatable bonds is 11. The SMILES string of the molecule is CC(C)CCN(CCOCCN)CCC(C)C. The van der Waals surface area contributed by atoms with Crippen molar-refractivity contribution in [2.75, 3.05) is 39.4 Å². The van der Waals surface area contributed by atoms with Crippen LogP contribution in [-0.2, 0) is 4.74 Å². The Balaban J connectivity index is 3.75. The van der Waals surface area contributed by atoms with Gasteiger partial charge in [-0.2, -0.15) is 0 Å². The predicted octanol–water partition coefficient (Wildman–Crippen LogP) is 2.36. The van der Waals surface area contributed by atoms with Gasteiger partial charge < -0.3 is 15.4 Å². The van der Waals surface area contributed by atoms with E-state index >= 15 is 0 Å². The van der Waals surface area contributed by atoms with Gasteiger partial charge in [-0.25, -0.2) is 0 Å². The summed E-state index contributed by atoms with van der Waals surface area (Å²) in [4.78, 5) is 2.52. The molecule has 0 bridgehead atoms. The first-order valence-corrected chi connectivity index (χ1v) is 7.06. The van der Waals surface area contributed by atoms with Gasteiger partial charge in [0, 0.05) is 13.1 Å². The van der Waals surface area contributed by atoms with Crippen molar-refractivity contribution in [1.29, 1.82) is 0 Å². The molecule has 104 valence electrons. The van der Waals surface area contributed by atoms with E-state index in [-0.39, 0.29) is 0 Å². The van der Waals surface area contributed by atoms with Crippen LogP contribution in [0.25, 0.3) is 0 Å². The third-order valence-corrected chi connectivity index (χ3v) is 2.86. The molecule has 0 aliphatic rings. The van der Waals surface area contributed by atoms with Gasteiger partial charge in [0.05, 0.1) is 13.2 Å². The van der Waals surface area contributed by atoms with E-state index in [2.05, 4.69) is 32.6 Å². The average Bonchev–Trinajstić information content (AvgIpc) is 2.26. The van der Waals surface area contributed by atoms with Crippen molar-refractivity contribution < 1.29 is 4.74 Å². The van der Waals surface area contributed by atoms with Crippen LogP contribution in [0.2, 0.25) is 0 Å². The molecule has 0 saturated heterocycles. The van der Waals surface area contributed by atoms with E-state index in [0.29, 0.717) is 13.2 Å². The maximum absolute atomic E-state index is 5.46. The van der Waals surface area contributed by atoms with Crippen molar-refractivity contribution in [1.82, 2.24) is 4.90 Å². The van der Waals surface area contributed by atoms with E-state index in [1.165, 1.54) is 25.9 Å². The zero-order valence-corrected chi connectivity index (χ0v) is 12.2. The number of hydrogen-bond acceptors (Lipinski definition) is 3. The van der Waals surface area contributed by atoms with Crippen LogP contribution in [-0.4, -0.2) is 44.3 Å². The van der Waals surface area contributed by atoms with Crippen LogP contribution in [0.15, 0.2) is 0 Å². The van der Waals surface area contributed by atoms with Gasteiger partial charge in [0.2, 0.25) is 0 Å². The Hall–Kier alpha value is -0.120. The molecule has 3 nitrogen and oxygen atoms in total.